The molecule has 41 heavy (non-hydrogen) atoms. The maximum atomic E-state index is 13.6. The normalized spacial score (nSPS) is 12.3. The van der Waals surface area contributed by atoms with Crippen LogP contribution in [0.1, 0.15) is 69.1 Å². The van der Waals surface area contributed by atoms with Crippen molar-refractivity contribution in [2.75, 3.05) is 6.54 Å². The van der Waals surface area contributed by atoms with E-state index in [1.54, 1.807) is 4.90 Å². The number of benzene rings is 3. The predicted molar refractivity (Wildman–Crippen MR) is 167 cm³/mol. The Bertz CT molecular complexity index is 1270. The van der Waals surface area contributed by atoms with Gasteiger partial charge in [0.2, 0.25) is 11.8 Å². The largest absolute Gasteiger partial charge is 0.461 e. The molecule has 0 heterocycles. The Kier molecular flexibility index (Phi) is 14.3. The number of nitrogens with two attached hydrogens (primary N) is 2. The van der Waals surface area contributed by atoms with E-state index in [0.717, 1.165) is 41.2 Å². The number of carbonyl (C=O) groups is 3. The summed E-state index contributed by atoms with van der Waals surface area (Å²) in [5.41, 5.74) is 15.2. The number of halogens is 1. The molecule has 3 aromatic rings. The lowest BCUT2D eigenvalue weighted by molar-refractivity contribution is -0.145. The highest BCUT2D eigenvalue weighted by Crippen LogP contribution is 2.22. The second kappa shape index (κ2) is 17.4. The third-order valence-electron chi connectivity index (χ3n) is 7.22. The summed E-state index contributed by atoms with van der Waals surface area (Å²) in [7, 11) is 0. The van der Waals surface area contributed by atoms with Crippen molar-refractivity contribution < 1.29 is 19.1 Å². The minimum absolute atomic E-state index is 0. The van der Waals surface area contributed by atoms with E-state index in [0.29, 0.717) is 25.8 Å². The predicted octanol–water partition coefficient (Wildman–Crippen LogP) is 5.48. The number of rotatable bonds is 16. The number of fused-ring (bicyclic) bond motifs is 1. The van der Waals surface area contributed by atoms with Gasteiger partial charge in [-0.2, -0.15) is 0 Å². The number of amides is 2. The first-order valence-corrected chi connectivity index (χ1v) is 14.4. The van der Waals surface area contributed by atoms with Crippen LogP contribution in [0.2, 0.25) is 0 Å². The fraction of sp³-hybridized carbons (Fsp3) is 0.424. The molecule has 2 amide bonds. The van der Waals surface area contributed by atoms with Crippen LogP contribution < -0.4 is 11.5 Å². The molecule has 0 spiro atoms. The summed E-state index contributed by atoms with van der Waals surface area (Å²) >= 11 is 0. The monoisotopic (exact) mass is 581 g/mol. The maximum absolute atomic E-state index is 13.6. The van der Waals surface area contributed by atoms with Crippen LogP contribution in [-0.2, 0) is 38.6 Å². The van der Waals surface area contributed by atoms with Gasteiger partial charge in [-0.05, 0) is 59.6 Å². The van der Waals surface area contributed by atoms with Crippen LogP contribution >= 0.6 is 12.4 Å². The molecule has 0 aromatic heterocycles. The van der Waals surface area contributed by atoms with E-state index in [1.807, 2.05) is 30.3 Å². The Morgan fingerprint density at radius 1 is 0.878 bits per heavy atom. The number of unbranched alkanes of at least 4 members (excludes halogenated alkanes) is 1. The van der Waals surface area contributed by atoms with E-state index < -0.39 is 18.0 Å². The van der Waals surface area contributed by atoms with E-state index in [9.17, 15) is 14.4 Å². The van der Waals surface area contributed by atoms with Crippen LogP contribution in [-0.4, -0.2) is 41.3 Å². The van der Waals surface area contributed by atoms with Crippen molar-refractivity contribution in [3.05, 3.63) is 83.4 Å². The Morgan fingerprint density at radius 3 is 2.17 bits per heavy atom. The second-order valence-corrected chi connectivity index (χ2v) is 10.4. The van der Waals surface area contributed by atoms with Gasteiger partial charge in [0.25, 0.3) is 0 Å². The van der Waals surface area contributed by atoms with Crippen LogP contribution in [0.5, 0.6) is 0 Å². The van der Waals surface area contributed by atoms with E-state index in [2.05, 4.69) is 50.2 Å². The highest BCUT2D eigenvalue weighted by atomic mass is 35.5. The molecular weight excluding hydrogens is 538 g/mol. The smallest absolute Gasteiger partial charge is 0.306 e. The minimum atomic E-state index is -0.779. The molecule has 0 aliphatic carbocycles. The number of esters is 1. The molecule has 0 bridgehead atoms. The zero-order valence-electron chi connectivity index (χ0n) is 24.2. The van der Waals surface area contributed by atoms with Crippen LogP contribution in [0.25, 0.3) is 10.8 Å². The fourth-order valence-electron chi connectivity index (χ4n) is 4.90. The van der Waals surface area contributed by atoms with Gasteiger partial charge in [0.05, 0.1) is 6.04 Å². The topological polar surface area (TPSA) is 116 Å². The molecule has 0 aliphatic heterocycles. The number of primary amides is 1. The van der Waals surface area contributed by atoms with Gasteiger partial charge in [-0.25, -0.2) is 0 Å². The van der Waals surface area contributed by atoms with Gasteiger partial charge in [-0.1, -0.05) is 87.0 Å². The van der Waals surface area contributed by atoms with Gasteiger partial charge in [-0.3, -0.25) is 14.4 Å². The molecule has 0 saturated carbocycles. The summed E-state index contributed by atoms with van der Waals surface area (Å²) in [5.74, 6) is -0.992. The fourth-order valence-corrected chi connectivity index (χ4v) is 4.90. The first kappa shape index (κ1) is 33.8. The number of nitrogens with zero attached hydrogens (tertiary/aromatic N) is 1. The minimum Gasteiger partial charge on any atom is -0.461 e. The highest BCUT2D eigenvalue weighted by molar-refractivity contribution is 5.85. The van der Waals surface area contributed by atoms with Gasteiger partial charge in [-0.15, -0.1) is 12.4 Å². The van der Waals surface area contributed by atoms with Crippen molar-refractivity contribution in [3.8, 4) is 0 Å². The molecule has 0 saturated heterocycles. The lowest BCUT2D eigenvalue weighted by Crippen LogP contribution is -2.51. The maximum Gasteiger partial charge on any atom is 0.306 e. The Hall–Kier alpha value is -3.42. The first-order chi connectivity index (χ1) is 19.3. The van der Waals surface area contributed by atoms with Crippen molar-refractivity contribution in [1.82, 2.24) is 4.90 Å². The average Bonchev–Trinajstić information content (AvgIpc) is 2.96. The molecule has 0 radical (unpaired) electrons. The summed E-state index contributed by atoms with van der Waals surface area (Å²) < 4.78 is 5.34. The standard InChI is InChI=1S/C33H43N3O4.ClH/c1-3-5-18-36(33(39)30(34)12-9-13-32(38)40-23-25-10-7-6-8-11-25)29(22-31(35)37)21-26-15-17-27-19-24(4-2)14-16-28(27)20-26;/h6-8,10-11,14-17,19-20,29-30H,3-5,9,12-13,18,21-23,34H2,1-2H3,(H2,35,37);1H/t29-,30-;/m0./s1. The van der Waals surface area contributed by atoms with E-state index >= 15 is 0 Å². The Morgan fingerprint density at radius 2 is 1.54 bits per heavy atom. The zero-order chi connectivity index (χ0) is 28.9. The van der Waals surface area contributed by atoms with Crippen LogP contribution in [0, 0.1) is 0 Å². The lowest BCUT2D eigenvalue weighted by atomic mass is 9.96. The van der Waals surface area contributed by atoms with Crippen LogP contribution in [0.3, 0.4) is 0 Å². The number of hydrogen-bond donors (Lipinski definition) is 2. The van der Waals surface area contributed by atoms with Gasteiger partial charge in [0, 0.05) is 25.4 Å². The number of aryl methyl sites for hydroxylation is 1. The van der Waals surface area contributed by atoms with E-state index in [-0.39, 0.29) is 43.7 Å². The molecule has 0 fully saturated rings. The van der Waals surface area contributed by atoms with Gasteiger partial charge in [0.15, 0.2) is 0 Å². The summed E-state index contributed by atoms with van der Waals surface area (Å²) in [4.78, 5) is 39.6. The quantitative estimate of drug-likeness (QED) is 0.217. The van der Waals surface area contributed by atoms with Crippen molar-refractivity contribution in [2.45, 2.75) is 83.9 Å². The van der Waals surface area contributed by atoms with Crippen molar-refractivity contribution in [2.24, 2.45) is 11.5 Å². The molecule has 3 aromatic carbocycles. The third-order valence-corrected chi connectivity index (χ3v) is 7.22. The molecule has 4 N–H and O–H groups in total. The van der Waals surface area contributed by atoms with Gasteiger partial charge >= 0.3 is 5.97 Å². The third kappa shape index (κ3) is 10.8. The Labute approximate surface area is 250 Å². The summed E-state index contributed by atoms with van der Waals surface area (Å²) in [5, 5.41) is 2.28. The summed E-state index contributed by atoms with van der Waals surface area (Å²) in [6, 6.07) is 21.0. The second-order valence-electron chi connectivity index (χ2n) is 10.4. The number of ether oxygens (including phenoxy) is 1. The molecule has 0 aliphatic rings. The first-order valence-electron chi connectivity index (χ1n) is 14.4. The molecule has 8 heteroatoms. The van der Waals surface area contributed by atoms with Crippen molar-refractivity contribution in [3.63, 3.8) is 0 Å². The molecule has 0 unspecified atom stereocenters. The van der Waals surface area contributed by atoms with Crippen molar-refractivity contribution in [1.29, 1.82) is 0 Å². The zero-order valence-corrected chi connectivity index (χ0v) is 25.0. The lowest BCUT2D eigenvalue weighted by Gasteiger charge is -2.33. The van der Waals surface area contributed by atoms with E-state index in [4.69, 9.17) is 16.2 Å². The van der Waals surface area contributed by atoms with Gasteiger partial charge in [0.1, 0.15) is 6.61 Å². The van der Waals surface area contributed by atoms with Crippen LogP contribution in [0.4, 0.5) is 0 Å². The average molecular weight is 582 g/mol. The molecule has 7 nitrogen and oxygen atoms in total. The molecule has 3 rings (SSSR count). The van der Waals surface area contributed by atoms with Crippen LogP contribution in [0.15, 0.2) is 66.7 Å². The highest BCUT2D eigenvalue weighted by Gasteiger charge is 2.29. The Balaban J connectivity index is 0.00000588. The molecule has 2 atom stereocenters. The van der Waals surface area contributed by atoms with Crippen molar-refractivity contribution >= 4 is 41.0 Å². The molecule has 222 valence electrons. The summed E-state index contributed by atoms with van der Waals surface area (Å²) in [6.45, 7) is 4.90. The number of hydrogen-bond acceptors (Lipinski definition) is 5. The van der Waals surface area contributed by atoms with Gasteiger partial charge < -0.3 is 21.1 Å². The number of carbonyl (C=O) groups excluding carboxylic acids is 3. The summed E-state index contributed by atoms with van der Waals surface area (Å²) in [6.07, 6.45) is 4.19. The SMILES string of the molecule is CCCCN(C(=O)[C@@H](N)CCCC(=O)OCc1ccccc1)[C@H](CC(N)=O)Cc1ccc2cc(CC)ccc2c1.Cl. The van der Waals surface area contributed by atoms with E-state index in [1.165, 1.54) is 5.56 Å². The molecular formula is C33H44ClN3O4.